The summed E-state index contributed by atoms with van der Waals surface area (Å²) >= 11 is 0. The van der Waals surface area contributed by atoms with Crippen molar-refractivity contribution in [1.82, 2.24) is 29.8 Å². The van der Waals surface area contributed by atoms with Crippen molar-refractivity contribution in [2.45, 2.75) is 6.92 Å². The van der Waals surface area contributed by atoms with Gasteiger partial charge < -0.3 is 30.2 Å². The fraction of sp³-hybridized carbons (Fsp3) is 0.207. The zero-order valence-electron chi connectivity index (χ0n) is 22.3. The zero-order chi connectivity index (χ0) is 27.5. The number of para-hydroxylation sites is 1. The molecule has 40 heavy (non-hydrogen) atoms. The molecule has 1 saturated heterocycles. The smallest absolute Gasteiger partial charge is 0.234 e. The van der Waals surface area contributed by atoms with Crippen LogP contribution in [0.15, 0.2) is 73.2 Å². The number of hydrogen-bond acceptors (Lipinski definition) is 9. The number of hydrogen-bond donors (Lipinski definition) is 3. The molecule has 1 aliphatic rings. The number of ether oxygens (including phenoxy) is 1. The fourth-order valence-electron chi connectivity index (χ4n) is 4.71. The van der Waals surface area contributed by atoms with Crippen molar-refractivity contribution in [1.29, 1.82) is 0 Å². The molecule has 1 aliphatic heterocycles. The lowest BCUT2D eigenvalue weighted by Crippen LogP contribution is -2.48. The van der Waals surface area contributed by atoms with Gasteiger partial charge in [0.1, 0.15) is 17.2 Å². The van der Waals surface area contributed by atoms with Gasteiger partial charge in [-0.1, -0.05) is 18.2 Å². The monoisotopic (exact) mass is 535 g/mol. The maximum atomic E-state index is 11.6. The highest BCUT2D eigenvalue weighted by molar-refractivity contribution is 5.97. The Morgan fingerprint density at radius 3 is 2.45 bits per heavy atom. The summed E-state index contributed by atoms with van der Waals surface area (Å²) in [7, 11) is 1.80. The van der Waals surface area contributed by atoms with Crippen LogP contribution in [-0.4, -0.2) is 69.0 Å². The third-order valence-corrected chi connectivity index (χ3v) is 6.84. The van der Waals surface area contributed by atoms with Gasteiger partial charge in [0.05, 0.1) is 23.5 Å². The van der Waals surface area contributed by atoms with Crippen LogP contribution in [0.1, 0.15) is 6.92 Å². The average molecular weight is 536 g/mol. The van der Waals surface area contributed by atoms with E-state index >= 15 is 0 Å². The van der Waals surface area contributed by atoms with E-state index in [2.05, 4.69) is 42.6 Å². The molecular formula is C29H29N9O2. The van der Waals surface area contributed by atoms with E-state index in [9.17, 15) is 4.79 Å². The van der Waals surface area contributed by atoms with Crippen LogP contribution in [0.25, 0.3) is 22.3 Å². The van der Waals surface area contributed by atoms with E-state index in [1.54, 1.807) is 26.4 Å². The Morgan fingerprint density at radius 2 is 1.73 bits per heavy atom. The molecule has 3 N–H and O–H groups in total. The summed E-state index contributed by atoms with van der Waals surface area (Å²) in [4.78, 5) is 37.5. The maximum absolute atomic E-state index is 11.6. The largest absolute Gasteiger partial charge is 0.438 e. The number of rotatable bonds is 7. The van der Waals surface area contributed by atoms with Gasteiger partial charge in [-0.15, -0.1) is 0 Å². The lowest BCUT2D eigenvalue weighted by molar-refractivity contribution is -0.129. The predicted octanol–water partition coefficient (Wildman–Crippen LogP) is 4.66. The van der Waals surface area contributed by atoms with Gasteiger partial charge in [-0.2, -0.15) is 9.97 Å². The number of carbonyl (C=O) groups excluding carboxylic acids is 1. The number of benzene rings is 2. The Kier molecular flexibility index (Phi) is 6.84. The molecule has 0 unspecified atom stereocenters. The van der Waals surface area contributed by atoms with Crippen molar-refractivity contribution in [3.05, 3.63) is 73.2 Å². The Hall–Kier alpha value is -5.19. The van der Waals surface area contributed by atoms with E-state index in [0.29, 0.717) is 40.1 Å². The predicted molar refractivity (Wildman–Crippen MR) is 155 cm³/mol. The quantitative estimate of drug-likeness (QED) is 0.273. The van der Waals surface area contributed by atoms with Crippen molar-refractivity contribution in [3.8, 4) is 22.9 Å². The number of aromatic nitrogens is 5. The van der Waals surface area contributed by atoms with E-state index in [0.717, 1.165) is 43.1 Å². The molecule has 11 heteroatoms. The van der Waals surface area contributed by atoms with Crippen molar-refractivity contribution in [3.63, 3.8) is 0 Å². The highest BCUT2D eigenvalue weighted by Gasteiger charge is 2.20. The molecule has 6 rings (SSSR count). The minimum atomic E-state index is 0.125. The molecular weight excluding hydrogens is 506 g/mol. The topological polar surface area (TPSA) is 124 Å². The van der Waals surface area contributed by atoms with Crippen LogP contribution >= 0.6 is 0 Å². The summed E-state index contributed by atoms with van der Waals surface area (Å²) in [5, 5.41) is 7.04. The van der Waals surface area contributed by atoms with Gasteiger partial charge >= 0.3 is 0 Å². The van der Waals surface area contributed by atoms with Crippen molar-refractivity contribution >= 4 is 40.1 Å². The van der Waals surface area contributed by atoms with Crippen LogP contribution in [-0.2, 0) is 4.79 Å². The third-order valence-electron chi connectivity index (χ3n) is 6.84. The van der Waals surface area contributed by atoms with E-state index in [4.69, 9.17) is 14.7 Å². The number of piperazine rings is 1. The molecule has 1 fully saturated rings. The summed E-state index contributed by atoms with van der Waals surface area (Å²) in [6.45, 7) is 4.70. The number of nitrogens with zero attached hydrogens (tertiary/aromatic N) is 6. The van der Waals surface area contributed by atoms with Crippen LogP contribution in [0.3, 0.4) is 0 Å². The van der Waals surface area contributed by atoms with E-state index < -0.39 is 0 Å². The first-order valence-corrected chi connectivity index (χ1v) is 13.1. The molecule has 0 aliphatic carbocycles. The molecule has 2 aromatic carbocycles. The molecule has 4 heterocycles. The number of carbonyl (C=O) groups is 1. The molecule has 0 spiro atoms. The van der Waals surface area contributed by atoms with Crippen LogP contribution in [0.2, 0.25) is 0 Å². The SMILES string of the molecule is CNc1cncc(-c2c[nH]c3nc(Nc4ccc(N5CCN(C(C)=O)CC5)cc4)nc(Oc4ccccc4)c23)n1. The number of nitrogens with one attached hydrogen (secondary N) is 3. The maximum Gasteiger partial charge on any atom is 0.234 e. The normalized spacial score (nSPS) is 13.3. The number of anilines is 4. The van der Waals surface area contributed by atoms with Gasteiger partial charge in [0, 0.05) is 63.3 Å². The minimum Gasteiger partial charge on any atom is -0.438 e. The van der Waals surface area contributed by atoms with Crippen molar-refractivity contribution < 1.29 is 9.53 Å². The number of fused-ring (bicyclic) bond motifs is 1. The van der Waals surface area contributed by atoms with Crippen LogP contribution < -0.4 is 20.3 Å². The van der Waals surface area contributed by atoms with E-state index in [1.807, 2.05) is 53.6 Å². The molecule has 3 aromatic heterocycles. The standard InChI is InChI=1S/C29H29N9O2/c1-19(39)37-12-14-38(15-13-37)21-10-8-20(9-11-21)33-29-35-27-26(28(36-29)40-22-6-4-3-5-7-22)23(16-32-27)24-17-31-18-25(30-2)34-24/h3-11,16-18H,12-15H2,1-2H3,(H,30,34)(H2,32,33,35,36). The number of aromatic amines is 1. The summed E-state index contributed by atoms with van der Waals surface area (Å²) in [5.41, 5.74) is 4.01. The molecule has 11 nitrogen and oxygen atoms in total. The molecule has 1 amide bonds. The molecule has 0 atom stereocenters. The highest BCUT2D eigenvalue weighted by atomic mass is 16.5. The van der Waals surface area contributed by atoms with Crippen LogP contribution in [0.4, 0.5) is 23.1 Å². The molecule has 0 saturated carbocycles. The van der Waals surface area contributed by atoms with Crippen molar-refractivity contribution in [2.75, 3.05) is 48.8 Å². The fourth-order valence-corrected chi connectivity index (χ4v) is 4.71. The van der Waals surface area contributed by atoms with Gasteiger partial charge in [0.15, 0.2) is 0 Å². The van der Waals surface area contributed by atoms with Crippen LogP contribution in [0, 0.1) is 0 Å². The van der Waals surface area contributed by atoms with Gasteiger partial charge in [-0.3, -0.25) is 9.78 Å². The minimum absolute atomic E-state index is 0.125. The summed E-state index contributed by atoms with van der Waals surface area (Å²) in [6.07, 6.45) is 5.20. The Labute approximate surface area is 231 Å². The molecule has 202 valence electrons. The zero-order valence-corrected chi connectivity index (χ0v) is 22.3. The van der Waals surface area contributed by atoms with Gasteiger partial charge in [0.25, 0.3) is 0 Å². The van der Waals surface area contributed by atoms with E-state index in [1.165, 1.54) is 0 Å². The van der Waals surface area contributed by atoms with Gasteiger partial charge in [0.2, 0.25) is 17.7 Å². The van der Waals surface area contributed by atoms with Crippen molar-refractivity contribution in [2.24, 2.45) is 0 Å². The first-order chi connectivity index (χ1) is 19.6. The lowest BCUT2D eigenvalue weighted by atomic mass is 10.2. The Morgan fingerprint density at radius 1 is 0.950 bits per heavy atom. The second-order valence-corrected chi connectivity index (χ2v) is 9.40. The van der Waals surface area contributed by atoms with Crippen LogP contribution in [0.5, 0.6) is 11.6 Å². The van der Waals surface area contributed by atoms with Gasteiger partial charge in [-0.25, -0.2) is 4.98 Å². The number of H-pyrrole nitrogens is 1. The summed E-state index contributed by atoms with van der Waals surface area (Å²) in [5.74, 6) is 2.22. The molecule has 5 aromatic rings. The summed E-state index contributed by atoms with van der Waals surface area (Å²) in [6, 6.07) is 17.6. The second kappa shape index (κ2) is 10.9. The third kappa shape index (κ3) is 5.21. The second-order valence-electron chi connectivity index (χ2n) is 9.40. The van der Waals surface area contributed by atoms with Gasteiger partial charge in [-0.05, 0) is 36.4 Å². The first-order valence-electron chi connectivity index (χ1n) is 13.1. The lowest BCUT2D eigenvalue weighted by Gasteiger charge is -2.35. The molecule has 0 radical (unpaired) electrons. The van der Waals surface area contributed by atoms with E-state index in [-0.39, 0.29) is 5.91 Å². The highest BCUT2D eigenvalue weighted by Crippen LogP contribution is 2.36. The average Bonchev–Trinajstić information content (AvgIpc) is 3.43. The summed E-state index contributed by atoms with van der Waals surface area (Å²) < 4.78 is 6.26. The Bertz CT molecular complexity index is 1630. The Balaban J connectivity index is 1.29. The number of amides is 1. The molecule has 0 bridgehead atoms. The first kappa shape index (κ1) is 25.1.